The van der Waals surface area contributed by atoms with Crippen molar-refractivity contribution in [3.8, 4) is 5.75 Å². The highest BCUT2D eigenvalue weighted by Crippen LogP contribution is 2.38. The molecule has 17 heavy (non-hydrogen) atoms. The lowest BCUT2D eigenvalue weighted by molar-refractivity contribution is -0.140. The number of carbonyl (C=O) groups excluding carboxylic acids is 1. The van der Waals surface area contributed by atoms with Gasteiger partial charge in [0.2, 0.25) is 0 Å². The van der Waals surface area contributed by atoms with E-state index in [1.165, 1.54) is 0 Å². The quantitative estimate of drug-likeness (QED) is 0.868. The number of hydrogen-bond acceptors (Lipinski definition) is 4. The van der Waals surface area contributed by atoms with E-state index < -0.39 is 0 Å². The molecule has 0 amide bonds. The summed E-state index contributed by atoms with van der Waals surface area (Å²) in [5.41, 5.74) is 1.36. The van der Waals surface area contributed by atoms with E-state index in [1.54, 1.807) is 14.2 Å². The number of carbonyl (C=O) groups is 1. The van der Waals surface area contributed by atoms with Gasteiger partial charge in [0.25, 0.3) is 0 Å². The Labute approximate surface area is 108 Å². The Morgan fingerprint density at radius 1 is 1.35 bits per heavy atom. The van der Waals surface area contributed by atoms with E-state index in [4.69, 9.17) is 9.47 Å². The molecule has 1 aliphatic rings. The third-order valence-electron chi connectivity index (χ3n) is 2.57. The SMILES string of the molecule is CNC1=C(Br)[C@H](c2ccc(OC)cc2)OC1=O. The molecule has 1 aromatic rings. The van der Waals surface area contributed by atoms with Gasteiger partial charge in [0, 0.05) is 7.05 Å². The van der Waals surface area contributed by atoms with Crippen LogP contribution in [0, 0.1) is 0 Å². The van der Waals surface area contributed by atoms with Gasteiger partial charge >= 0.3 is 5.97 Å². The molecule has 0 fully saturated rings. The predicted octanol–water partition coefficient (Wildman–Crippen LogP) is 2.12. The van der Waals surface area contributed by atoms with Crippen LogP contribution >= 0.6 is 15.9 Å². The highest BCUT2D eigenvalue weighted by Gasteiger charge is 2.33. The first-order valence-electron chi connectivity index (χ1n) is 5.09. The summed E-state index contributed by atoms with van der Waals surface area (Å²) in [6, 6.07) is 7.41. The zero-order chi connectivity index (χ0) is 12.4. The van der Waals surface area contributed by atoms with Crippen LogP contribution in [0.15, 0.2) is 34.4 Å². The minimum absolute atomic E-state index is 0.347. The lowest BCUT2D eigenvalue weighted by atomic mass is 10.1. The fraction of sp³-hybridized carbons (Fsp3) is 0.250. The second kappa shape index (κ2) is 4.79. The summed E-state index contributed by atoms with van der Waals surface area (Å²) in [5, 5.41) is 2.82. The molecule has 1 heterocycles. The Morgan fingerprint density at radius 3 is 2.47 bits per heavy atom. The second-order valence-electron chi connectivity index (χ2n) is 3.53. The van der Waals surface area contributed by atoms with Crippen molar-refractivity contribution in [2.24, 2.45) is 0 Å². The highest BCUT2D eigenvalue weighted by atomic mass is 79.9. The summed E-state index contributed by atoms with van der Waals surface area (Å²) in [7, 11) is 3.30. The number of cyclic esters (lactones) is 1. The maximum absolute atomic E-state index is 11.5. The number of hydrogen-bond donors (Lipinski definition) is 1. The normalized spacial score (nSPS) is 19.2. The van der Waals surface area contributed by atoms with Crippen LogP contribution in [0.3, 0.4) is 0 Å². The third-order valence-corrected chi connectivity index (χ3v) is 3.38. The van der Waals surface area contributed by atoms with Gasteiger partial charge in [-0.3, -0.25) is 0 Å². The number of nitrogens with one attached hydrogen (secondary N) is 1. The van der Waals surface area contributed by atoms with E-state index in [0.29, 0.717) is 5.70 Å². The molecule has 5 heteroatoms. The summed E-state index contributed by atoms with van der Waals surface area (Å²) in [4.78, 5) is 11.5. The second-order valence-corrected chi connectivity index (χ2v) is 4.39. The fourth-order valence-electron chi connectivity index (χ4n) is 1.66. The molecule has 2 rings (SSSR count). The van der Waals surface area contributed by atoms with Crippen molar-refractivity contribution < 1.29 is 14.3 Å². The minimum atomic E-state index is -0.379. The Kier molecular flexibility index (Phi) is 3.38. The molecule has 1 N–H and O–H groups in total. The summed E-state index contributed by atoms with van der Waals surface area (Å²) < 4.78 is 11.1. The molecule has 90 valence electrons. The number of likely N-dealkylation sites (N-methyl/N-ethyl adjacent to an activating group) is 1. The first-order chi connectivity index (χ1) is 8.17. The topological polar surface area (TPSA) is 47.6 Å². The van der Waals surface area contributed by atoms with Crippen molar-refractivity contribution in [3.63, 3.8) is 0 Å². The van der Waals surface area contributed by atoms with Gasteiger partial charge in [-0.2, -0.15) is 0 Å². The van der Waals surface area contributed by atoms with Crippen LogP contribution in [0.25, 0.3) is 0 Å². The number of benzene rings is 1. The van der Waals surface area contributed by atoms with Crippen LogP contribution in [0.4, 0.5) is 0 Å². The van der Waals surface area contributed by atoms with Gasteiger partial charge in [-0.05, 0) is 33.6 Å². The molecule has 0 aliphatic carbocycles. The largest absolute Gasteiger partial charge is 0.497 e. The molecule has 4 nitrogen and oxygen atoms in total. The van der Waals surface area contributed by atoms with E-state index in [2.05, 4.69) is 21.2 Å². The van der Waals surface area contributed by atoms with E-state index in [0.717, 1.165) is 15.8 Å². The number of ether oxygens (including phenoxy) is 2. The van der Waals surface area contributed by atoms with Crippen molar-refractivity contribution in [2.75, 3.05) is 14.2 Å². The average Bonchev–Trinajstić information content (AvgIpc) is 2.64. The molecule has 0 saturated carbocycles. The van der Waals surface area contributed by atoms with Crippen LogP contribution in [0.1, 0.15) is 11.7 Å². The first-order valence-corrected chi connectivity index (χ1v) is 5.89. The van der Waals surface area contributed by atoms with Crippen LogP contribution in [0.5, 0.6) is 5.75 Å². The smallest absolute Gasteiger partial charge is 0.356 e. The zero-order valence-corrected chi connectivity index (χ0v) is 11.1. The molecular formula is C12H12BrNO3. The fourth-order valence-corrected chi connectivity index (χ4v) is 2.38. The van der Waals surface area contributed by atoms with Gasteiger partial charge < -0.3 is 14.8 Å². The van der Waals surface area contributed by atoms with Crippen LogP contribution < -0.4 is 10.1 Å². The van der Waals surface area contributed by atoms with Crippen molar-refractivity contribution >= 4 is 21.9 Å². The monoisotopic (exact) mass is 297 g/mol. The van der Waals surface area contributed by atoms with Gasteiger partial charge in [-0.1, -0.05) is 12.1 Å². The maximum atomic E-state index is 11.5. The molecular weight excluding hydrogens is 286 g/mol. The molecule has 1 aliphatic heterocycles. The maximum Gasteiger partial charge on any atom is 0.356 e. The van der Waals surface area contributed by atoms with Gasteiger partial charge in [-0.25, -0.2) is 4.79 Å². The molecule has 0 unspecified atom stereocenters. The Bertz CT molecular complexity index is 467. The lowest BCUT2D eigenvalue weighted by Crippen LogP contribution is -2.13. The van der Waals surface area contributed by atoms with Crippen molar-refractivity contribution in [1.29, 1.82) is 0 Å². The predicted molar refractivity (Wildman–Crippen MR) is 66.8 cm³/mol. The van der Waals surface area contributed by atoms with Gasteiger partial charge in [0.05, 0.1) is 11.6 Å². The summed E-state index contributed by atoms with van der Waals surface area (Å²) in [5.74, 6) is 0.423. The molecule has 1 aromatic carbocycles. The number of halogens is 1. The molecule has 0 spiro atoms. The number of esters is 1. The van der Waals surface area contributed by atoms with E-state index in [9.17, 15) is 4.79 Å². The van der Waals surface area contributed by atoms with Crippen LogP contribution in [-0.2, 0) is 9.53 Å². The molecule has 0 saturated heterocycles. The van der Waals surface area contributed by atoms with Gasteiger partial charge in [0.1, 0.15) is 11.4 Å². The summed E-state index contributed by atoms with van der Waals surface area (Å²) in [6.45, 7) is 0. The van der Waals surface area contributed by atoms with E-state index in [-0.39, 0.29) is 12.1 Å². The molecule has 0 bridgehead atoms. The third kappa shape index (κ3) is 2.15. The lowest BCUT2D eigenvalue weighted by Gasteiger charge is -2.11. The molecule has 0 aromatic heterocycles. The minimum Gasteiger partial charge on any atom is -0.497 e. The highest BCUT2D eigenvalue weighted by molar-refractivity contribution is 9.11. The number of methoxy groups -OCH3 is 1. The van der Waals surface area contributed by atoms with Gasteiger partial charge in [-0.15, -0.1) is 0 Å². The van der Waals surface area contributed by atoms with Crippen LogP contribution in [-0.4, -0.2) is 20.1 Å². The Morgan fingerprint density at radius 2 is 2.00 bits per heavy atom. The summed E-state index contributed by atoms with van der Waals surface area (Å²) in [6.07, 6.45) is -0.379. The molecule has 0 radical (unpaired) electrons. The zero-order valence-electron chi connectivity index (χ0n) is 9.49. The molecule has 1 atom stereocenters. The van der Waals surface area contributed by atoms with E-state index >= 15 is 0 Å². The average molecular weight is 298 g/mol. The van der Waals surface area contributed by atoms with Crippen molar-refractivity contribution in [2.45, 2.75) is 6.10 Å². The first kappa shape index (κ1) is 12.0. The Hall–Kier alpha value is -1.49. The van der Waals surface area contributed by atoms with Crippen molar-refractivity contribution in [3.05, 3.63) is 40.0 Å². The van der Waals surface area contributed by atoms with Crippen LogP contribution in [0.2, 0.25) is 0 Å². The van der Waals surface area contributed by atoms with Gasteiger partial charge in [0.15, 0.2) is 6.10 Å². The standard InChI is InChI=1S/C12H12BrNO3/c1-14-10-9(13)11(17-12(10)15)7-3-5-8(16-2)6-4-7/h3-6,11,14H,1-2H3/t11-/m0/s1. The van der Waals surface area contributed by atoms with E-state index in [1.807, 2.05) is 24.3 Å². The van der Waals surface area contributed by atoms with Crippen molar-refractivity contribution in [1.82, 2.24) is 5.32 Å². The number of rotatable bonds is 3. The summed E-state index contributed by atoms with van der Waals surface area (Å²) >= 11 is 3.38. The Balaban J connectivity index is 2.29.